The molecule has 0 N–H and O–H groups in total. The molecule has 124 valence electrons. The van der Waals surface area contributed by atoms with Gasteiger partial charge in [-0.3, -0.25) is 4.90 Å². The smallest absolute Gasteiger partial charge is 0.338 e. The molecule has 3 unspecified atom stereocenters. The third kappa shape index (κ3) is 3.09. The van der Waals surface area contributed by atoms with Crippen molar-refractivity contribution in [2.45, 2.75) is 25.4 Å². The number of rotatable bonds is 5. The quantitative estimate of drug-likeness (QED) is 0.786. The van der Waals surface area contributed by atoms with Gasteiger partial charge in [-0.15, -0.1) is 0 Å². The van der Waals surface area contributed by atoms with Crippen molar-refractivity contribution in [3.63, 3.8) is 0 Å². The number of benzene rings is 2. The summed E-state index contributed by atoms with van der Waals surface area (Å²) in [6.45, 7) is 2.69. The highest BCUT2D eigenvalue weighted by molar-refractivity contribution is 5.89. The molecular formula is C21H23NO2. The van der Waals surface area contributed by atoms with E-state index in [9.17, 15) is 4.79 Å². The lowest BCUT2D eigenvalue weighted by Gasteiger charge is -2.27. The van der Waals surface area contributed by atoms with Crippen LogP contribution in [-0.2, 0) is 11.3 Å². The van der Waals surface area contributed by atoms with E-state index < -0.39 is 0 Å². The molecule has 0 radical (unpaired) electrons. The maximum absolute atomic E-state index is 12.2. The van der Waals surface area contributed by atoms with Crippen LogP contribution in [0.1, 0.15) is 28.8 Å². The van der Waals surface area contributed by atoms with E-state index in [1.165, 1.54) is 18.4 Å². The molecule has 2 aromatic rings. The number of fused-ring (bicyclic) bond motifs is 2. The predicted octanol–water partition coefficient (Wildman–Crippen LogP) is 3.75. The first-order valence-corrected chi connectivity index (χ1v) is 8.81. The van der Waals surface area contributed by atoms with Gasteiger partial charge in [0.05, 0.1) is 12.2 Å². The van der Waals surface area contributed by atoms with Crippen LogP contribution < -0.4 is 0 Å². The van der Waals surface area contributed by atoms with Gasteiger partial charge in [0.15, 0.2) is 0 Å². The average Bonchev–Trinajstić information content (AvgIpc) is 3.18. The van der Waals surface area contributed by atoms with Gasteiger partial charge in [-0.25, -0.2) is 4.79 Å². The molecule has 3 atom stereocenters. The molecule has 3 heteroatoms. The fourth-order valence-corrected chi connectivity index (χ4v) is 4.32. The number of carbonyl (C=O) groups is 1. The van der Waals surface area contributed by atoms with E-state index in [1.807, 2.05) is 30.3 Å². The minimum Gasteiger partial charge on any atom is -0.462 e. The average molecular weight is 321 g/mol. The van der Waals surface area contributed by atoms with Crippen molar-refractivity contribution in [1.29, 1.82) is 0 Å². The predicted molar refractivity (Wildman–Crippen MR) is 93.6 cm³/mol. The minimum absolute atomic E-state index is 0.198. The van der Waals surface area contributed by atoms with Gasteiger partial charge < -0.3 is 4.74 Å². The molecule has 1 saturated heterocycles. The molecule has 3 nitrogen and oxygen atoms in total. The Morgan fingerprint density at radius 1 is 1.00 bits per heavy atom. The third-order valence-electron chi connectivity index (χ3n) is 5.52. The van der Waals surface area contributed by atoms with Gasteiger partial charge in [0, 0.05) is 25.0 Å². The van der Waals surface area contributed by atoms with Crippen LogP contribution in [0, 0.1) is 11.8 Å². The van der Waals surface area contributed by atoms with E-state index in [-0.39, 0.29) is 5.97 Å². The first-order chi connectivity index (χ1) is 11.8. The number of ether oxygens (including phenoxy) is 1. The van der Waals surface area contributed by atoms with Crippen molar-refractivity contribution in [1.82, 2.24) is 4.90 Å². The van der Waals surface area contributed by atoms with Crippen LogP contribution in [0.3, 0.4) is 0 Å². The van der Waals surface area contributed by atoms with Crippen molar-refractivity contribution in [2.75, 3.05) is 13.2 Å². The van der Waals surface area contributed by atoms with Crippen LogP contribution >= 0.6 is 0 Å². The largest absolute Gasteiger partial charge is 0.462 e. The highest BCUT2D eigenvalue weighted by atomic mass is 16.5. The molecule has 1 saturated carbocycles. The zero-order valence-corrected chi connectivity index (χ0v) is 13.8. The Bertz CT molecular complexity index is 685. The summed E-state index contributed by atoms with van der Waals surface area (Å²) in [5.41, 5.74) is 2.01. The number of carbonyl (C=O) groups excluding carboxylic acids is 1. The molecule has 24 heavy (non-hydrogen) atoms. The summed E-state index contributed by atoms with van der Waals surface area (Å²) in [7, 11) is 0. The molecule has 2 fully saturated rings. The molecule has 0 aromatic heterocycles. The van der Waals surface area contributed by atoms with Crippen molar-refractivity contribution in [3.8, 4) is 0 Å². The summed E-state index contributed by atoms with van der Waals surface area (Å²) in [5.74, 6) is 0.958. The first kappa shape index (κ1) is 15.4. The molecule has 0 amide bonds. The van der Waals surface area contributed by atoms with Crippen LogP contribution in [0.5, 0.6) is 0 Å². The van der Waals surface area contributed by atoms with Gasteiger partial charge in [-0.1, -0.05) is 48.5 Å². The standard InChI is InChI=1S/C21H23NO2/c23-21(17-9-5-2-6-10-17)24-15-19-18-11-12-20(19)22(14-18)13-16-7-3-1-4-8-16/h1-10,18-20H,11-15H2. The first-order valence-electron chi connectivity index (χ1n) is 8.81. The fraction of sp³-hybridized carbons (Fsp3) is 0.381. The molecule has 4 rings (SSSR count). The highest BCUT2D eigenvalue weighted by Crippen LogP contribution is 2.43. The van der Waals surface area contributed by atoms with Gasteiger partial charge in [-0.05, 0) is 36.5 Å². The number of piperidine rings is 1. The monoisotopic (exact) mass is 321 g/mol. The lowest BCUT2D eigenvalue weighted by molar-refractivity contribution is 0.0408. The molecule has 2 aromatic carbocycles. The SMILES string of the molecule is O=C(OCC1C2CCC1N(Cc1ccccc1)C2)c1ccccc1. The van der Waals surface area contributed by atoms with Crippen molar-refractivity contribution < 1.29 is 9.53 Å². The van der Waals surface area contributed by atoms with Crippen LogP contribution in [0.25, 0.3) is 0 Å². The second-order valence-electron chi connectivity index (χ2n) is 6.95. The number of hydrogen-bond donors (Lipinski definition) is 0. The fourth-order valence-electron chi connectivity index (χ4n) is 4.32. The zero-order chi connectivity index (χ0) is 16.4. The molecule has 1 aliphatic heterocycles. The van der Waals surface area contributed by atoms with E-state index in [1.54, 1.807) is 0 Å². The summed E-state index contributed by atoms with van der Waals surface area (Å²) in [4.78, 5) is 14.7. The van der Waals surface area contributed by atoms with E-state index in [4.69, 9.17) is 4.74 Å². The lowest BCUT2D eigenvalue weighted by Crippen LogP contribution is -2.33. The zero-order valence-electron chi connectivity index (χ0n) is 13.8. The Kier molecular flexibility index (Phi) is 4.35. The maximum Gasteiger partial charge on any atom is 0.338 e. The van der Waals surface area contributed by atoms with Gasteiger partial charge >= 0.3 is 5.97 Å². The summed E-state index contributed by atoms with van der Waals surface area (Å²) in [5, 5.41) is 0. The summed E-state index contributed by atoms with van der Waals surface area (Å²) >= 11 is 0. The van der Waals surface area contributed by atoms with E-state index in [2.05, 4.69) is 35.2 Å². The van der Waals surface area contributed by atoms with Gasteiger partial charge in [-0.2, -0.15) is 0 Å². The Morgan fingerprint density at radius 3 is 2.46 bits per heavy atom. The topological polar surface area (TPSA) is 29.5 Å². The van der Waals surface area contributed by atoms with Crippen LogP contribution in [0.4, 0.5) is 0 Å². The van der Waals surface area contributed by atoms with Crippen molar-refractivity contribution >= 4 is 5.97 Å². The third-order valence-corrected chi connectivity index (χ3v) is 5.52. The summed E-state index contributed by atoms with van der Waals surface area (Å²) in [6, 6.07) is 20.5. The molecule has 2 bridgehead atoms. The summed E-state index contributed by atoms with van der Waals surface area (Å²) < 4.78 is 5.63. The van der Waals surface area contributed by atoms with Gasteiger partial charge in [0.1, 0.15) is 0 Å². The van der Waals surface area contributed by atoms with Crippen LogP contribution in [0.2, 0.25) is 0 Å². The number of esters is 1. The maximum atomic E-state index is 12.2. The van der Waals surface area contributed by atoms with Crippen molar-refractivity contribution in [3.05, 3.63) is 71.8 Å². The summed E-state index contributed by atoms with van der Waals surface area (Å²) in [6.07, 6.45) is 2.49. The van der Waals surface area contributed by atoms with E-state index >= 15 is 0 Å². The number of hydrogen-bond acceptors (Lipinski definition) is 3. The molecule has 2 aliphatic rings. The highest BCUT2D eigenvalue weighted by Gasteiger charge is 2.46. The Hall–Kier alpha value is -2.13. The lowest BCUT2D eigenvalue weighted by atomic mass is 9.99. The van der Waals surface area contributed by atoms with Crippen LogP contribution in [-0.4, -0.2) is 30.1 Å². The minimum atomic E-state index is -0.198. The Morgan fingerprint density at radius 2 is 1.71 bits per heavy atom. The van der Waals surface area contributed by atoms with Gasteiger partial charge in [0.25, 0.3) is 0 Å². The molecule has 1 heterocycles. The molecular weight excluding hydrogens is 298 g/mol. The van der Waals surface area contributed by atoms with Crippen LogP contribution in [0.15, 0.2) is 60.7 Å². The van der Waals surface area contributed by atoms with E-state index in [0.717, 1.165) is 13.1 Å². The van der Waals surface area contributed by atoms with Gasteiger partial charge in [0.2, 0.25) is 0 Å². The normalized spacial score (nSPS) is 25.8. The van der Waals surface area contributed by atoms with Crippen molar-refractivity contribution in [2.24, 2.45) is 11.8 Å². The Balaban J connectivity index is 1.36. The number of likely N-dealkylation sites (tertiary alicyclic amines) is 1. The molecule has 1 aliphatic carbocycles. The molecule has 0 spiro atoms. The Labute approximate surface area is 143 Å². The second-order valence-corrected chi connectivity index (χ2v) is 6.95. The van der Waals surface area contributed by atoms with E-state index in [0.29, 0.717) is 30.0 Å². The second kappa shape index (κ2) is 6.78. The number of nitrogens with zero attached hydrogens (tertiary/aromatic N) is 1.